The molecule has 5 rings (SSSR count). The lowest BCUT2D eigenvalue weighted by Gasteiger charge is -2.30. The van der Waals surface area contributed by atoms with E-state index in [4.69, 9.17) is 16.2 Å². The molecule has 1 aliphatic rings. The van der Waals surface area contributed by atoms with Gasteiger partial charge in [-0.05, 0) is 48.5 Å². The first-order valence-corrected chi connectivity index (χ1v) is 9.42. The average Bonchev–Trinajstić information content (AvgIpc) is 3.06. The molecule has 148 valence electrons. The van der Waals surface area contributed by atoms with Crippen molar-refractivity contribution in [3.63, 3.8) is 0 Å². The minimum absolute atomic E-state index is 0.371. The Morgan fingerprint density at radius 1 is 0.828 bits per heavy atom. The Morgan fingerprint density at radius 3 is 2.21 bits per heavy atom. The van der Waals surface area contributed by atoms with Crippen LogP contribution in [0.15, 0.2) is 60.7 Å². The highest BCUT2D eigenvalue weighted by Gasteiger charge is 2.29. The summed E-state index contributed by atoms with van der Waals surface area (Å²) in [6.07, 6.45) is -0.736. The lowest BCUT2D eigenvalue weighted by atomic mass is 10.1. The summed E-state index contributed by atoms with van der Waals surface area (Å²) in [5.41, 5.74) is 16.0. The molecule has 1 atom stereocenters. The van der Waals surface area contributed by atoms with Crippen molar-refractivity contribution in [3.05, 3.63) is 77.9 Å². The zero-order valence-electron chi connectivity index (χ0n) is 16.1. The number of halogens is 2. The highest BCUT2D eigenvalue weighted by molar-refractivity contribution is 5.91. The predicted molar refractivity (Wildman–Crippen MR) is 113 cm³/mol. The smallest absolute Gasteiger partial charge is 0.203 e. The Hall–Kier alpha value is -3.54. The van der Waals surface area contributed by atoms with Gasteiger partial charge >= 0.3 is 0 Å². The molecule has 0 saturated heterocycles. The van der Waals surface area contributed by atoms with Gasteiger partial charge in [-0.3, -0.25) is 0 Å². The fourth-order valence-corrected chi connectivity index (χ4v) is 3.67. The average molecular weight is 393 g/mol. The summed E-state index contributed by atoms with van der Waals surface area (Å²) >= 11 is 0. The molecular weight excluding hydrogens is 372 g/mol. The maximum absolute atomic E-state index is 13.9. The molecule has 1 unspecified atom stereocenters. The maximum atomic E-state index is 13.9. The fraction of sp³-hybridized carbons (Fsp3) is 0.130. The standard InChI is InChI=1S/C21H15F2N3O.C2H6/c22-13-5-12(6-14(23)9-13)21-26-18-4-2-15(24)7-11(18)8-19(26)17-3-1-16(25)10-20(17)27-21;1-2/h1-10,21H,24-25H2;1-2H3. The minimum Gasteiger partial charge on any atom is -0.465 e. The van der Waals surface area contributed by atoms with Crippen molar-refractivity contribution in [2.75, 3.05) is 11.5 Å². The summed E-state index contributed by atoms with van der Waals surface area (Å²) in [5, 5.41) is 0.917. The number of hydrogen-bond acceptors (Lipinski definition) is 3. The van der Waals surface area contributed by atoms with Crippen molar-refractivity contribution in [2.24, 2.45) is 0 Å². The zero-order chi connectivity index (χ0) is 20.7. The second-order valence-corrected chi connectivity index (χ2v) is 6.65. The highest BCUT2D eigenvalue weighted by Crippen LogP contribution is 2.45. The van der Waals surface area contributed by atoms with Crippen molar-refractivity contribution in [3.8, 4) is 17.0 Å². The summed E-state index contributed by atoms with van der Waals surface area (Å²) in [6, 6.07) is 16.3. The zero-order valence-corrected chi connectivity index (χ0v) is 16.1. The Balaban J connectivity index is 0.000000994. The number of hydrogen-bond donors (Lipinski definition) is 2. The van der Waals surface area contributed by atoms with Gasteiger partial charge in [0.15, 0.2) is 0 Å². The van der Waals surface area contributed by atoms with Crippen LogP contribution in [-0.4, -0.2) is 4.57 Å². The molecule has 6 heteroatoms. The number of nitrogens with zero attached hydrogens (tertiary/aromatic N) is 1. The molecule has 0 fully saturated rings. The van der Waals surface area contributed by atoms with Crippen molar-refractivity contribution in [2.45, 2.75) is 20.1 Å². The summed E-state index contributed by atoms with van der Waals surface area (Å²) in [4.78, 5) is 0. The maximum Gasteiger partial charge on any atom is 0.203 e. The van der Waals surface area contributed by atoms with Crippen LogP contribution in [0.25, 0.3) is 22.2 Å². The fourth-order valence-electron chi connectivity index (χ4n) is 3.67. The van der Waals surface area contributed by atoms with Gasteiger partial charge in [0.25, 0.3) is 0 Å². The molecule has 0 radical (unpaired) electrons. The van der Waals surface area contributed by atoms with E-state index in [0.29, 0.717) is 22.7 Å². The molecule has 0 amide bonds. The quantitative estimate of drug-likeness (QED) is 0.407. The van der Waals surface area contributed by atoms with Crippen LogP contribution in [0.5, 0.6) is 5.75 Å². The third-order valence-corrected chi connectivity index (χ3v) is 4.79. The Bertz CT molecular complexity index is 1200. The summed E-state index contributed by atoms with van der Waals surface area (Å²) in [7, 11) is 0. The summed E-state index contributed by atoms with van der Waals surface area (Å²) in [6.45, 7) is 4.00. The second-order valence-electron chi connectivity index (χ2n) is 6.65. The normalized spacial score (nSPS) is 14.4. The Labute approximate surface area is 167 Å². The predicted octanol–water partition coefficient (Wildman–Crippen LogP) is 5.72. The molecule has 0 aliphatic carbocycles. The molecule has 0 spiro atoms. The van der Waals surface area contributed by atoms with Crippen molar-refractivity contribution in [1.82, 2.24) is 4.57 Å². The second kappa shape index (κ2) is 7.13. The van der Waals surface area contributed by atoms with Gasteiger partial charge in [0, 0.05) is 40.0 Å². The van der Waals surface area contributed by atoms with Gasteiger partial charge in [-0.15, -0.1) is 0 Å². The molecule has 1 aromatic heterocycles. The van der Waals surface area contributed by atoms with Crippen LogP contribution in [0.3, 0.4) is 0 Å². The van der Waals surface area contributed by atoms with Crippen molar-refractivity contribution < 1.29 is 13.5 Å². The van der Waals surface area contributed by atoms with E-state index >= 15 is 0 Å². The number of aromatic nitrogens is 1. The van der Waals surface area contributed by atoms with Gasteiger partial charge in [0.05, 0.1) is 11.2 Å². The van der Waals surface area contributed by atoms with E-state index in [1.165, 1.54) is 12.1 Å². The lowest BCUT2D eigenvalue weighted by Crippen LogP contribution is -2.22. The molecular formula is C23H21F2N3O. The largest absolute Gasteiger partial charge is 0.465 e. The number of fused-ring (bicyclic) bond motifs is 5. The minimum atomic E-state index is -0.736. The van der Waals surface area contributed by atoms with Crippen LogP contribution in [-0.2, 0) is 0 Å². The monoisotopic (exact) mass is 393 g/mol. The van der Waals surface area contributed by atoms with Crippen LogP contribution in [0.4, 0.5) is 20.2 Å². The van der Waals surface area contributed by atoms with Crippen LogP contribution >= 0.6 is 0 Å². The molecule has 3 aromatic carbocycles. The molecule has 0 saturated carbocycles. The third kappa shape index (κ3) is 3.16. The van der Waals surface area contributed by atoms with E-state index in [0.717, 1.165) is 28.2 Å². The number of rotatable bonds is 1. The van der Waals surface area contributed by atoms with Gasteiger partial charge in [-0.1, -0.05) is 13.8 Å². The first-order valence-electron chi connectivity index (χ1n) is 9.42. The van der Waals surface area contributed by atoms with E-state index in [9.17, 15) is 8.78 Å². The van der Waals surface area contributed by atoms with E-state index in [1.807, 2.05) is 42.7 Å². The molecule has 4 nitrogen and oxygen atoms in total. The summed E-state index contributed by atoms with van der Waals surface area (Å²) < 4.78 is 35.8. The molecule has 4 N–H and O–H groups in total. The number of nitrogens with two attached hydrogens (primary N) is 2. The molecule has 2 heterocycles. The van der Waals surface area contributed by atoms with Crippen molar-refractivity contribution >= 4 is 22.3 Å². The third-order valence-electron chi connectivity index (χ3n) is 4.79. The number of benzene rings is 3. The van der Waals surface area contributed by atoms with E-state index in [1.54, 1.807) is 18.2 Å². The van der Waals surface area contributed by atoms with Crippen LogP contribution in [0.1, 0.15) is 25.6 Å². The van der Waals surface area contributed by atoms with Crippen LogP contribution < -0.4 is 16.2 Å². The SMILES string of the molecule is CC.Nc1ccc2c(c1)OC(c1cc(F)cc(F)c1)n1c-2cc2cc(N)ccc21. The first kappa shape index (κ1) is 18.8. The Morgan fingerprint density at radius 2 is 1.48 bits per heavy atom. The van der Waals surface area contributed by atoms with Gasteiger partial charge in [-0.2, -0.15) is 0 Å². The van der Waals surface area contributed by atoms with Crippen LogP contribution in [0.2, 0.25) is 0 Å². The summed E-state index contributed by atoms with van der Waals surface area (Å²) in [5.74, 6) is -0.753. The molecule has 1 aliphatic heterocycles. The molecule has 29 heavy (non-hydrogen) atoms. The van der Waals surface area contributed by atoms with E-state index < -0.39 is 17.9 Å². The van der Waals surface area contributed by atoms with Crippen LogP contribution in [0, 0.1) is 11.6 Å². The van der Waals surface area contributed by atoms with Crippen molar-refractivity contribution in [1.29, 1.82) is 0 Å². The Kier molecular flexibility index (Phi) is 4.62. The van der Waals surface area contributed by atoms with E-state index in [-0.39, 0.29) is 0 Å². The van der Waals surface area contributed by atoms with Gasteiger partial charge in [0.2, 0.25) is 6.23 Å². The topological polar surface area (TPSA) is 66.2 Å². The van der Waals surface area contributed by atoms with Gasteiger partial charge in [-0.25, -0.2) is 8.78 Å². The molecule has 0 bridgehead atoms. The van der Waals surface area contributed by atoms with Gasteiger partial charge < -0.3 is 20.8 Å². The number of anilines is 2. The number of nitrogen functional groups attached to an aromatic ring is 2. The number of ether oxygens (including phenoxy) is 1. The van der Waals surface area contributed by atoms with Gasteiger partial charge in [0.1, 0.15) is 17.4 Å². The highest BCUT2D eigenvalue weighted by atomic mass is 19.1. The van der Waals surface area contributed by atoms with E-state index in [2.05, 4.69) is 0 Å². The first-order chi connectivity index (χ1) is 14.0. The lowest BCUT2D eigenvalue weighted by molar-refractivity contribution is 0.172. The molecule has 4 aromatic rings.